The van der Waals surface area contributed by atoms with E-state index in [1.165, 1.54) is 0 Å². The standard InChI is InChI=1S/C14H14ClN3OS/c15-11-3-6-13(18-9-11)20-8-7-19-12-4-1-10(2-5-12)14(16)17/h1-6,9H,7-8H2,(H3,16,17). The largest absolute Gasteiger partial charge is 0.493 e. The van der Waals surface area contributed by atoms with Crippen LogP contribution in [0.2, 0.25) is 5.02 Å². The topological polar surface area (TPSA) is 72.0 Å². The average Bonchev–Trinajstić information content (AvgIpc) is 2.46. The third kappa shape index (κ3) is 4.43. The number of nitrogen functional groups attached to an aromatic ring is 1. The molecule has 104 valence electrons. The highest BCUT2D eigenvalue weighted by Gasteiger charge is 1.99. The molecule has 1 aromatic carbocycles. The van der Waals surface area contributed by atoms with Gasteiger partial charge in [-0.3, -0.25) is 5.41 Å². The number of aromatic nitrogens is 1. The van der Waals surface area contributed by atoms with Crippen molar-refractivity contribution in [1.29, 1.82) is 5.41 Å². The van der Waals surface area contributed by atoms with Crippen molar-refractivity contribution in [3.05, 3.63) is 53.2 Å². The summed E-state index contributed by atoms with van der Waals surface area (Å²) in [6.07, 6.45) is 1.63. The zero-order valence-electron chi connectivity index (χ0n) is 10.7. The molecule has 0 bridgehead atoms. The minimum absolute atomic E-state index is 0.0564. The van der Waals surface area contributed by atoms with Crippen LogP contribution in [0.5, 0.6) is 5.75 Å². The highest BCUT2D eigenvalue weighted by Crippen LogP contribution is 2.18. The van der Waals surface area contributed by atoms with Crippen molar-refractivity contribution in [2.24, 2.45) is 5.73 Å². The fourth-order valence-corrected chi connectivity index (χ4v) is 2.26. The molecule has 0 fully saturated rings. The van der Waals surface area contributed by atoms with Gasteiger partial charge in [0.1, 0.15) is 11.6 Å². The first-order valence-electron chi connectivity index (χ1n) is 5.97. The van der Waals surface area contributed by atoms with Crippen LogP contribution in [-0.2, 0) is 0 Å². The van der Waals surface area contributed by atoms with Crippen LogP contribution >= 0.6 is 23.4 Å². The smallest absolute Gasteiger partial charge is 0.122 e. The van der Waals surface area contributed by atoms with E-state index in [2.05, 4.69) is 4.98 Å². The Morgan fingerprint density at radius 3 is 2.60 bits per heavy atom. The van der Waals surface area contributed by atoms with Gasteiger partial charge in [-0.05, 0) is 36.4 Å². The number of nitrogens with one attached hydrogen (secondary N) is 1. The molecule has 1 heterocycles. The predicted octanol–water partition coefficient (Wildman–Crippen LogP) is 3.19. The zero-order chi connectivity index (χ0) is 14.4. The lowest BCUT2D eigenvalue weighted by Crippen LogP contribution is -2.10. The number of ether oxygens (including phenoxy) is 1. The van der Waals surface area contributed by atoms with E-state index in [0.29, 0.717) is 17.2 Å². The van der Waals surface area contributed by atoms with E-state index in [1.54, 1.807) is 30.1 Å². The SMILES string of the molecule is N=C(N)c1ccc(OCCSc2ccc(Cl)cn2)cc1. The van der Waals surface area contributed by atoms with Crippen molar-refractivity contribution in [2.45, 2.75) is 5.03 Å². The normalized spacial score (nSPS) is 10.2. The van der Waals surface area contributed by atoms with Crippen LogP contribution in [0.15, 0.2) is 47.6 Å². The first-order valence-corrected chi connectivity index (χ1v) is 7.33. The molecule has 0 aliphatic heterocycles. The van der Waals surface area contributed by atoms with Gasteiger partial charge in [0.25, 0.3) is 0 Å². The minimum Gasteiger partial charge on any atom is -0.493 e. The Morgan fingerprint density at radius 1 is 1.25 bits per heavy atom. The van der Waals surface area contributed by atoms with Crippen LogP contribution in [-0.4, -0.2) is 23.2 Å². The highest BCUT2D eigenvalue weighted by atomic mass is 35.5. The van der Waals surface area contributed by atoms with Gasteiger partial charge in [0.2, 0.25) is 0 Å². The van der Waals surface area contributed by atoms with Crippen molar-refractivity contribution in [2.75, 3.05) is 12.4 Å². The van der Waals surface area contributed by atoms with Gasteiger partial charge in [0.15, 0.2) is 0 Å². The number of halogens is 1. The highest BCUT2D eigenvalue weighted by molar-refractivity contribution is 7.99. The van der Waals surface area contributed by atoms with Gasteiger partial charge in [-0.2, -0.15) is 0 Å². The predicted molar refractivity (Wildman–Crippen MR) is 82.9 cm³/mol. The number of rotatable bonds is 6. The number of thioether (sulfide) groups is 1. The quantitative estimate of drug-likeness (QED) is 0.372. The summed E-state index contributed by atoms with van der Waals surface area (Å²) < 4.78 is 5.60. The maximum Gasteiger partial charge on any atom is 0.122 e. The van der Waals surface area contributed by atoms with Gasteiger partial charge in [-0.15, -0.1) is 11.8 Å². The second-order valence-corrected chi connectivity index (χ2v) is 5.50. The monoisotopic (exact) mass is 307 g/mol. The van der Waals surface area contributed by atoms with Gasteiger partial charge in [-0.25, -0.2) is 4.98 Å². The number of amidine groups is 1. The first kappa shape index (κ1) is 14.7. The fraction of sp³-hybridized carbons (Fsp3) is 0.143. The summed E-state index contributed by atoms with van der Waals surface area (Å²) in [4.78, 5) is 4.19. The Kier molecular flexibility index (Phi) is 5.26. The van der Waals surface area contributed by atoms with Crippen LogP contribution in [0, 0.1) is 5.41 Å². The van der Waals surface area contributed by atoms with Crippen LogP contribution in [0.25, 0.3) is 0 Å². The van der Waals surface area contributed by atoms with Crippen molar-refractivity contribution < 1.29 is 4.74 Å². The Balaban J connectivity index is 1.75. The number of benzene rings is 1. The first-order chi connectivity index (χ1) is 9.65. The maximum absolute atomic E-state index is 7.30. The van der Waals surface area contributed by atoms with E-state index >= 15 is 0 Å². The van der Waals surface area contributed by atoms with Crippen molar-refractivity contribution in [3.63, 3.8) is 0 Å². The lowest BCUT2D eigenvalue weighted by atomic mass is 10.2. The van der Waals surface area contributed by atoms with Gasteiger partial charge in [-0.1, -0.05) is 11.6 Å². The average molecular weight is 308 g/mol. The summed E-state index contributed by atoms with van der Waals surface area (Å²) >= 11 is 7.38. The van der Waals surface area contributed by atoms with Gasteiger partial charge in [0.05, 0.1) is 16.7 Å². The summed E-state index contributed by atoms with van der Waals surface area (Å²) in [7, 11) is 0. The lowest BCUT2D eigenvalue weighted by molar-refractivity contribution is 0.344. The minimum atomic E-state index is 0.0564. The third-order valence-electron chi connectivity index (χ3n) is 2.47. The van der Waals surface area contributed by atoms with E-state index in [0.717, 1.165) is 16.5 Å². The number of pyridine rings is 1. The molecule has 0 unspecified atom stereocenters. The van der Waals surface area contributed by atoms with Gasteiger partial charge in [0, 0.05) is 17.5 Å². The second kappa shape index (κ2) is 7.17. The Labute approximate surface area is 126 Å². The molecular formula is C14H14ClN3OS. The number of nitrogens with two attached hydrogens (primary N) is 1. The lowest BCUT2D eigenvalue weighted by Gasteiger charge is -2.06. The van der Waals surface area contributed by atoms with E-state index in [9.17, 15) is 0 Å². The van der Waals surface area contributed by atoms with Crippen molar-refractivity contribution in [3.8, 4) is 5.75 Å². The molecule has 0 amide bonds. The van der Waals surface area contributed by atoms with Crippen LogP contribution in [0.4, 0.5) is 0 Å². The number of hydrogen-bond donors (Lipinski definition) is 2. The van der Waals surface area contributed by atoms with Gasteiger partial charge >= 0.3 is 0 Å². The molecule has 4 nitrogen and oxygen atoms in total. The summed E-state index contributed by atoms with van der Waals surface area (Å²) in [5.41, 5.74) is 6.08. The Morgan fingerprint density at radius 2 is 2.00 bits per heavy atom. The zero-order valence-corrected chi connectivity index (χ0v) is 12.2. The molecule has 6 heteroatoms. The van der Waals surface area contributed by atoms with E-state index < -0.39 is 0 Å². The fourth-order valence-electron chi connectivity index (χ4n) is 1.48. The third-order valence-corrected chi connectivity index (χ3v) is 3.60. The Bertz CT molecular complexity index is 572. The molecule has 3 N–H and O–H groups in total. The van der Waals surface area contributed by atoms with E-state index in [1.807, 2.05) is 24.3 Å². The molecule has 20 heavy (non-hydrogen) atoms. The van der Waals surface area contributed by atoms with Crippen LogP contribution in [0.3, 0.4) is 0 Å². The summed E-state index contributed by atoms with van der Waals surface area (Å²) in [5.74, 6) is 1.61. The summed E-state index contributed by atoms with van der Waals surface area (Å²) in [5, 5.41) is 8.86. The molecule has 0 saturated heterocycles. The molecule has 0 aliphatic rings. The molecular weight excluding hydrogens is 294 g/mol. The molecule has 0 saturated carbocycles. The molecule has 1 aromatic heterocycles. The van der Waals surface area contributed by atoms with E-state index in [4.69, 9.17) is 27.5 Å². The molecule has 2 aromatic rings. The Hall–Kier alpha value is -1.72. The number of nitrogens with zero attached hydrogens (tertiary/aromatic N) is 1. The summed E-state index contributed by atoms with van der Waals surface area (Å²) in [6, 6.07) is 10.9. The van der Waals surface area contributed by atoms with Gasteiger partial charge < -0.3 is 10.5 Å². The van der Waals surface area contributed by atoms with Crippen LogP contribution < -0.4 is 10.5 Å². The summed E-state index contributed by atoms with van der Waals surface area (Å²) in [6.45, 7) is 0.578. The second-order valence-electron chi connectivity index (χ2n) is 3.95. The molecule has 2 rings (SSSR count). The van der Waals surface area contributed by atoms with Crippen molar-refractivity contribution in [1.82, 2.24) is 4.98 Å². The van der Waals surface area contributed by atoms with E-state index in [-0.39, 0.29) is 5.84 Å². The van der Waals surface area contributed by atoms with Crippen molar-refractivity contribution >= 4 is 29.2 Å². The molecule has 0 atom stereocenters. The van der Waals surface area contributed by atoms with Crippen LogP contribution in [0.1, 0.15) is 5.56 Å². The maximum atomic E-state index is 7.30. The molecule has 0 aliphatic carbocycles. The molecule has 0 radical (unpaired) electrons. The molecule has 0 spiro atoms. The number of hydrogen-bond acceptors (Lipinski definition) is 4.